The summed E-state index contributed by atoms with van der Waals surface area (Å²) in [6, 6.07) is 11.8. The predicted octanol–water partition coefficient (Wildman–Crippen LogP) is 2.01. The Bertz CT molecular complexity index is 717. The lowest BCUT2D eigenvalue weighted by Gasteiger charge is -1.96. The molecular formula is C15H17N5O. The first-order chi connectivity index (χ1) is 10.3. The van der Waals surface area contributed by atoms with Crippen molar-refractivity contribution in [3.63, 3.8) is 0 Å². The third kappa shape index (κ3) is 3.00. The van der Waals surface area contributed by atoms with Gasteiger partial charge < -0.3 is 9.73 Å². The zero-order chi connectivity index (χ0) is 14.7. The summed E-state index contributed by atoms with van der Waals surface area (Å²) in [5.74, 6) is 2.43. The van der Waals surface area contributed by atoms with Crippen LogP contribution in [0, 0.1) is 6.92 Å². The molecule has 0 fully saturated rings. The van der Waals surface area contributed by atoms with Gasteiger partial charge in [0.15, 0.2) is 0 Å². The van der Waals surface area contributed by atoms with E-state index in [1.165, 1.54) is 0 Å². The molecule has 21 heavy (non-hydrogen) atoms. The number of nitrogens with zero attached hydrogens (tertiary/aromatic N) is 4. The molecule has 0 aliphatic rings. The van der Waals surface area contributed by atoms with Gasteiger partial charge >= 0.3 is 0 Å². The molecule has 0 aliphatic carbocycles. The van der Waals surface area contributed by atoms with E-state index < -0.39 is 0 Å². The van der Waals surface area contributed by atoms with Gasteiger partial charge in [0.2, 0.25) is 5.82 Å². The van der Waals surface area contributed by atoms with Crippen LogP contribution >= 0.6 is 0 Å². The van der Waals surface area contributed by atoms with Gasteiger partial charge in [-0.05, 0) is 25.3 Å². The average Bonchev–Trinajstić information content (AvgIpc) is 3.09. The molecule has 1 N–H and O–H groups in total. The molecule has 2 heterocycles. The molecule has 0 bridgehead atoms. The van der Waals surface area contributed by atoms with Crippen LogP contribution in [0.4, 0.5) is 0 Å². The third-order valence-electron chi connectivity index (χ3n) is 3.22. The maximum atomic E-state index is 5.67. The number of nitrogens with one attached hydrogen (secondary N) is 1. The fourth-order valence-electron chi connectivity index (χ4n) is 2.17. The van der Waals surface area contributed by atoms with Crippen molar-refractivity contribution in [3.8, 4) is 11.4 Å². The fourth-order valence-corrected chi connectivity index (χ4v) is 2.17. The van der Waals surface area contributed by atoms with Crippen LogP contribution in [0.1, 0.15) is 17.1 Å². The van der Waals surface area contributed by atoms with E-state index in [-0.39, 0.29) is 0 Å². The molecule has 0 atom stereocenters. The second-order valence-corrected chi connectivity index (χ2v) is 4.83. The molecule has 0 spiro atoms. The average molecular weight is 283 g/mol. The quantitative estimate of drug-likeness (QED) is 0.775. The first-order valence-electron chi connectivity index (χ1n) is 6.82. The molecule has 0 saturated heterocycles. The third-order valence-corrected chi connectivity index (χ3v) is 3.22. The van der Waals surface area contributed by atoms with Gasteiger partial charge in [0.25, 0.3) is 0 Å². The lowest BCUT2D eigenvalue weighted by molar-refractivity contribution is 0.465. The molecule has 6 nitrogen and oxygen atoms in total. The van der Waals surface area contributed by atoms with E-state index >= 15 is 0 Å². The maximum absolute atomic E-state index is 5.67. The van der Waals surface area contributed by atoms with Crippen molar-refractivity contribution in [2.45, 2.75) is 20.0 Å². The number of aryl methyl sites for hydroxylation is 1. The second-order valence-electron chi connectivity index (χ2n) is 4.83. The molecule has 2 aromatic heterocycles. The van der Waals surface area contributed by atoms with Gasteiger partial charge in [0.05, 0.1) is 13.1 Å². The van der Waals surface area contributed by atoms with Crippen molar-refractivity contribution < 1.29 is 4.42 Å². The summed E-state index contributed by atoms with van der Waals surface area (Å²) in [6.07, 6.45) is 0. The molecule has 0 radical (unpaired) electrons. The minimum absolute atomic E-state index is 0.554. The van der Waals surface area contributed by atoms with E-state index in [0.29, 0.717) is 18.9 Å². The topological polar surface area (TPSA) is 68.8 Å². The van der Waals surface area contributed by atoms with Crippen LogP contribution in [0.15, 0.2) is 40.8 Å². The van der Waals surface area contributed by atoms with Crippen LogP contribution in [-0.4, -0.2) is 27.3 Å². The van der Waals surface area contributed by atoms with Crippen LogP contribution in [0.25, 0.3) is 11.4 Å². The lowest BCUT2D eigenvalue weighted by atomic mass is 10.2. The fraction of sp³-hybridized carbons (Fsp3) is 0.267. The second kappa shape index (κ2) is 5.88. The van der Waals surface area contributed by atoms with E-state index in [4.69, 9.17) is 4.42 Å². The Kier molecular flexibility index (Phi) is 3.79. The highest BCUT2D eigenvalue weighted by Crippen LogP contribution is 2.16. The van der Waals surface area contributed by atoms with Crippen molar-refractivity contribution >= 4 is 0 Å². The Hall–Kier alpha value is -2.47. The molecule has 3 aromatic rings. The van der Waals surface area contributed by atoms with Crippen molar-refractivity contribution in [3.05, 3.63) is 53.5 Å². The van der Waals surface area contributed by atoms with Gasteiger partial charge in [-0.2, -0.15) is 4.80 Å². The van der Waals surface area contributed by atoms with Crippen LogP contribution in [0.2, 0.25) is 0 Å². The van der Waals surface area contributed by atoms with Gasteiger partial charge in [0.1, 0.15) is 11.5 Å². The molecule has 6 heteroatoms. The van der Waals surface area contributed by atoms with Gasteiger partial charge in [-0.25, -0.2) is 0 Å². The molecule has 3 rings (SSSR count). The highest BCUT2D eigenvalue weighted by atomic mass is 16.3. The smallest absolute Gasteiger partial charge is 0.204 e. The molecule has 0 aliphatic heterocycles. The largest absolute Gasteiger partial charge is 0.465 e. The monoisotopic (exact) mass is 283 g/mol. The number of tetrazole rings is 1. The minimum atomic E-state index is 0.554. The first kappa shape index (κ1) is 13.5. The molecule has 0 unspecified atom stereocenters. The van der Waals surface area contributed by atoms with E-state index in [1.807, 2.05) is 50.4 Å². The molecule has 0 saturated carbocycles. The molecule has 1 aromatic carbocycles. The Morgan fingerprint density at radius 1 is 1.24 bits per heavy atom. The number of hydrogen-bond acceptors (Lipinski definition) is 5. The number of hydrogen-bond donors (Lipinski definition) is 1. The SMILES string of the molecule is CNCc1cc(Cn2nnc(-c3ccccc3)n2)c(C)o1. The number of rotatable bonds is 5. The van der Waals surface area contributed by atoms with Crippen molar-refractivity contribution in [2.24, 2.45) is 0 Å². The summed E-state index contributed by atoms with van der Waals surface area (Å²) in [4.78, 5) is 1.59. The Balaban J connectivity index is 1.78. The predicted molar refractivity (Wildman–Crippen MR) is 78.6 cm³/mol. The highest BCUT2D eigenvalue weighted by Gasteiger charge is 2.10. The van der Waals surface area contributed by atoms with Gasteiger partial charge in [0, 0.05) is 11.1 Å². The van der Waals surface area contributed by atoms with E-state index in [9.17, 15) is 0 Å². The van der Waals surface area contributed by atoms with Crippen molar-refractivity contribution in [1.29, 1.82) is 0 Å². The summed E-state index contributed by atoms with van der Waals surface area (Å²) >= 11 is 0. The summed E-state index contributed by atoms with van der Waals surface area (Å²) in [5.41, 5.74) is 2.03. The Morgan fingerprint density at radius 3 is 2.81 bits per heavy atom. The highest BCUT2D eigenvalue weighted by molar-refractivity contribution is 5.52. The standard InChI is InChI=1S/C15H17N5O/c1-11-13(8-14(21-11)9-16-2)10-20-18-15(17-19-20)12-6-4-3-5-7-12/h3-8,16H,9-10H2,1-2H3. The van der Waals surface area contributed by atoms with Crippen LogP contribution in [0.3, 0.4) is 0 Å². The summed E-state index contributed by atoms with van der Waals surface area (Å²) < 4.78 is 5.67. The zero-order valence-corrected chi connectivity index (χ0v) is 12.1. The van der Waals surface area contributed by atoms with Crippen molar-refractivity contribution in [2.75, 3.05) is 7.05 Å². The molecule has 108 valence electrons. The van der Waals surface area contributed by atoms with E-state index in [2.05, 4.69) is 20.7 Å². The van der Waals surface area contributed by atoms with Gasteiger partial charge in [-0.1, -0.05) is 30.3 Å². The normalized spacial score (nSPS) is 11.0. The number of furan rings is 1. The summed E-state index contributed by atoms with van der Waals surface area (Å²) in [7, 11) is 1.89. The maximum Gasteiger partial charge on any atom is 0.204 e. The zero-order valence-electron chi connectivity index (χ0n) is 12.1. The number of benzene rings is 1. The van der Waals surface area contributed by atoms with Crippen LogP contribution in [-0.2, 0) is 13.1 Å². The van der Waals surface area contributed by atoms with E-state index in [0.717, 1.165) is 22.6 Å². The summed E-state index contributed by atoms with van der Waals surface area (Å²) in [5, 5.41) is 15.7. The van der Waals surface area contributed by atoms with E-state index in [1.54, 1.807) is 4.80 Å². The van der Waals surface area contributed by atoms with Gasteiger partial charge in [-0.15, -0.1) is 10.2 Å². The lowest BCUT2D eigenvalue weighted by Crippen LogP contribution is -2.05. The van der Waals surface area contributed by atoms with Gasteiger partial charge in [-0.3, -0.25) is 0 Å². The van der Waals surface area contributed by atoms with Crippen molar-refractivity contribution in [1.82, 2.24) is 25.5 Å². The Labute approximate surface area is 122 Å². The van der Waals surface area contributed by atoms with Crippen LogP contribution < -0.4 is 5.32 Å². The first-order valence-corrected chi connectivity index (χ1v) is 6.82. The van der Waals surface area contributed by atoms with Crippen LogP contribution in [0.5, 0.6) is 0 Å². The number of aromatic nitrogens is 4. The molecule has 0 amide bonds. The molecular weight excluding hydrogens is 266 g/mol. The summed E-state index contributed by atoms with van der Waals surface area (Å²) in [6.45, 7) is 3.21. The Morgan fingerprint density at radius 2 is 2.05 bits per heavy atom. The minimum Gasteiger partial charge on any atom is -0.465 e.